The molecule has 24 heavy (non-hydrogen) atoms. The third kappa shape index (κ3) is 5.47. The summed E-state index contributed by atoms with van der Waals surface area (Å²) < 4.78 is 1.02. The van der Waals surface area contributed by atoms with Crippen LogP contribution < -0.4 is 10.6 Å². The molecule has 0 aliphatic carbocycles. The predicted molar refractivity (Wildman–Crippen MR) is 101 cm³/mol. The second-order valence-electron chi connectivity index (χ2n) is 4.91. The fourth-order valence-electron chi connectivity index (χ4n) is 1.93. The molecule has 2 rings (SSSR count). The SMILES string of the molecule is O=C(NCCO)/C(=C\c1ccccc1)NC(=O)c1ccc(I)cc1. The molecule has 0 aliphatic heterocycles. The van der Waals surface area contributed by atoms with E-state index in [0.717, 1.165) is 9.13 Å². The minimum Gasteiger partial charge on any atom is -0.395 e. The van der Waals surface area contributed by atoms with E-state index in [0.29, 0.717) is 5.56 Å². The number of aliphatic hydroxyl groups excluding tert-OH is 1. The van der Waals surface area contributed by atoms with Crippen LogP contribution in [0.5, 0.6) is 0 Å². The molecule has 0 radical (unpaired) electrons. The third-order valence-electron chi connectivity index (χ3n) is 3.11. The Labute approximate surface area is 153 Å². The topological polar surface area (TPSA) is 78.4 Å². The maximum absolute atomic E-state index is 12.4. The van der Waals surface area contributed by atoms with Crippen LogP contribution in [-0.4, -0.2) is 30.1 Å². The standard InChI is InChI=1S/C18H17IN2O3/c19-15-8-6-14(7-9-15)17(23)21-16(18(24)20-10-11-22)12-13-4-2-1-3-5-13/h1-9,12,22H,10-11H2,(H,20,24)(H,21,23)/b16-12+. The van der Waals surface area contributed by atoms with Gasteiger partial charge in [0.1, 0.15) is 5.70 Å². The molecule has 3 N–H and O–H groups in total. The first-order valence-corrected chi connectivity index (χ1v) is 8.41. The van der Waals surface area contributed by atoms with Gasteiger partial charge in [0, 0.05) is 15.7 Å². The summed E-state index contributed by atoms with van der Waals surface area (Å²) in [6, 6.07) is 16.3. The van der Waals surface area contributed by atoms with Crippen LogP contribution in [0.1, 0.15) is 15.9 Å². The lowest BCUT2D eigenvalue weighted by molar-refractivity contribution is -0.117. The number of aliphatic hydroxyl groups is 1. The van der Waals surface area contributed by atoms with Gasteiger partial charge in [0.2, 0.25) is 0 Å². The van der Waals surface area contributed by atoms with Crippen molar-refractivity contribution >= 4 is 40.5 Å². The fraction of sp³-hybridized carbons (Fsp3) is 0.111. The van der Waals surface area contributed by atoms with Crippen molar-refractivity contribution in [3.63, 3.8) is 0 Å². The molecule has 0 spiro atoms. The number of hydrogen-bond donors (Lipinski definition) is 3. The molecular weight excluding hydrogens is 419 g/mol. The summed E-state index contributed by atoms with van der Waals surface area (Å²) >= 11 is 2.16. The van der Waals surface area contributed by atoms with E-state index in [4.69, 9.17) is 5.11 Å². The Morgan fingerprint density at radius 1 is 1.04 bits per heavy atom. The van der Waals surface area contributed by atoms with Gasteiger partial charge in [-0.15, -0.1) is 0 Å². The number of nitrogens with one attached hydrogen (secondary N) is 2. The number of rotatable bonds is 6. The molecule has 0 atom stereocenters. The van der Waals surface area contributed by atoms with Crippen molar-refractivity contribution in [2.24, 2.45) is 0 Å². The van der Waals surface area contributed by atoms with Crippen molar-refractivity contribution in [3.8, 4) is 0 Å². The summed E-state index contributed by atoms with van der Waals surface area (Å²) in [7, 11) is 0. The average molecular weight is 436 g/mol. The Bertz CT molecular complexity index is 728. The zero-order valence-corrected chi connectivity index (χ0v) is 15.0. The second kappa shape index (κ2) is 9.19. The van der Waals surface area contributed by atoms with Crippen molar-refractivity contribution in [2.45, 2.75) is 0 Å². The second-order valence-corrected chi connectivity index (χ2v) is 6.15. The number of carbonyl (C=O) groups is 2. The van der Waals surface area contributed by atoms with E-state index in [1.807, 2.05) is 42.5 Å². The maximum atomic E-state index is 12.4. The van der Waals surface area contributed by atoms with Crippen LogP contribution >= 0.6 is 22.6 Å². The normalized spacial score (nSPS) is 11.0. The molecule has 0 bridgehead atoms. The van der Waals surface area contributed by atoms with Gasteiger partial charge in [0.25, 0.3) is 11.8 Å². The van der Waals surface area contributed by atoms with E-state index in [-0.39, 0.29) is 24.8 Å². The van der Waals surface area contributed by atoms with Gasteiger partial charge < -0.3 is 15.7 Å². The minimum absolute atomic E-state index is 0.115. The van der Waals surface area contributed by atoms with Gasteiger partial charge in [0.05, 0.1) is 6.61 Å². The highest BCUT2D eigenvalue weighted by atomic mass is 127. The first kappa shape index (κ1) is 18.2. The highest BCUT2D eigenvalue weighted by Gasteiger charge is 2.14. The molecule has 0 aromatic heterocycles. The zero-order chi connectivity index (χ0) is 17.4. The predicted octanol–water partition coefficient (Wildman–Crippen LogP) is 2.17. The van der Waals surface area contributed by atoms with E-state index < -0.39 is 5.91 Å². The first-order valence-electron chi connectivity index (χ1n) is 7.33. The first-order chi connectivity index (χ1) is 11.6. The van der Waals surface area contributed by atoms with Crippen LogP contribution in [-0.2, 0) is 4.79 Å². The summed E-state index contributed by atoms with van der Waals surface area (Å²) in [5, 5.41) is 14.0. The van der Waals surface area contributed by atoms with E-state index in [1.165, 1.54) is 0 Å². The van der Waals surface area contributed by atoms with Gasteiger partial charge in [-0.25, -0.2) is 0 Å². The largest absolute Gasteiger partial charge is 0.395 e. The van der Waals surface area contributed by atoms with Crippen molar-refractivity contribution in [2.75, 3.05) is 13.2 Å². The number of hydrogen-bond acceptors (Lipinski definition) is 3. The Kier molecular flexibility index (Phi) is 6.95. The van der Waals surface area contributed by atoms with Gasteiger partial charge in [0.15, 0.2) is 0 Å². The molecule has 0 saturated heterocycles. The van der Waals surface area contributed by atoms with Crippen molar-refractivity contribution in [1.29, 1.82) is 0 Å². The van der Waals surface area contributed by atoms with Gasteiger partial charge in [-0.05, 0) is 58.5 Å². The molecule has 0 saturated carbocycles. The van der Waals surface area contributed by atoms with Crippen LogP contribution in [0.3, 0.4) is 0 Å². The van der Waals surface area contributed by atoms with E-state index in [1.54, 1.807) is 18.2 Å². The van der Waals surface area contributed by atoms with E-state index in [9.17, 15) is 9.59 Å². The lowest BCUT2D eigenvalue weighted by Crippen LogP contribution is -2.36. The van der Waals surface area contributed by atoms with Crippen molar-refractivity contribution in [3.05, 3.63) is 75.0 Å². The quantitative estimate of drug-likeness (QED) is 0.480. The minimum atomic E-state index is -0.452. The molecular formula is C18H17IN2O3. The summed E-state index contributed by atoms with van der Waals surface area (Å²) in [6.07, 6.45) is 1.59. The summed E-state index contributed by atoms with van der Waals surface area (Å²) in [6.45, 7) is -0.0558. The van der Waals surface area contributed by atoms with E-state index >= 15 is 0 Å². The molecule has 0 unspecified atom stereocenters. The Morgan fingerprint density at radius 3 is 2.33 bits per heavy atom. The molecule has 2 amide bonds. The molecule has 0 fully saturated rings. The number of amides is 2. The van der Waals surface area contributed by atoms with Crippen LogP contribution in [0.25, 0.3) is 6.08 Å². The highest BCUT2D eigenvalue weighted by Crippen LogP contribution is 2.09. The molecule has 0 aliphatic rings. The van der Waals surface area contributed by atoms with Crippen molar-refractivity contribution < 1.29 is 14.7 Å². The van der Waals surface area contributed by atoms with Gasteiger partial charge in [-0.2, -0.15) is 0 Å². The van der Waals surface area contributed by atoms with Crippen LogP contribution in [0, 0.1) is 3.57 Å². The summed E-state index contributed by atoms with van der Waals surface area (Å²) in [4.78, 5) is 24.6. The van der Waals surface area contributed by atoms with Crippen LogP contribution in [0.4, 0.5) is 0 Å². The molecule has 6 heteroatoms. The molecule has 5 nitrogen and oxygen atoms in total. The molecule has 2 aromatic carbocycles. The lowest BCUT2D eigenvalue weighted by atomic mass is 10.1. The van der Waals surface area contributed by atoms with Crippen LogP contribution in [0.2, 0.25) is 0 Å². The Balaban J connectivity index is 2.22. The van der Waals surface area contributed by atoms with Gasteiger partial charge >= 0.3 is 0 Å². The molecule has 2 aromatic rings. The van der Waals surface area contributed by atoms with E-state index in [2.05, 4.69) is 33.2 Å². The fourth-order valence-corrected chi connectivity index (χ4v) is 2.29. The van der Waals surface area contributed by atoms with Crippen molar-refractivity contribution in [1.82, 2.24) is 10.6 Å². The summed E-state index contributed by atoms with van der Waals surface area (Å²) in [5.41, 5.74) is 1.37. The van der Waals surface area contributed by atoms with Gasteiger partial charge in [-0.3, -0.25) is 9.59 Å². The maximum Gasteiger partial charge on any atom is 0.267 e. The average Bonchev–Trinajstić information content (AvgIpc) is 2.60. The third-order valence-corrected chi connectivity index (χ3v) is 3.83. The molecule has 124 valence electrons. The summed E-state index contributed by atoms with van der Waals surface area (Å²) in [5.74, 6) is -0.820. The number of halogens is 1. The number of benzene rings is 2. The zero-order valence-electron chi connectivity index (χ0n) is 12.8. The number of carbonyl (C=O) groups excluding carboxylic acids is 2. The monoisotopic (exact) mass is 436 g/mol. The Morgan fingerprint density at radius 2 is 1.71 bits per heavy atom. The van der Waals surface area contributed by atoms with Gasteiger partial charge in [-0.1, -0.05) is 30.3 Å². The lowest BCUT2D eigenvalue weighted by Gasteiger charge is -2.10. The Hall–Kier alpha value is -2.19. The molecule has 0 heterocycles. The van der Waals surface area contributed by atoms with Crippen LogP contribution in [0.15, 0.2) is 60.3 Å². The highest BCUT2D eigenvalue weighted by molar-refractivity contribution is 14.1. The smallest absolute Gasteiger partial charge is 0.267 e.